The standard InChI is InChI=1S/C13H17FN2O2/c1-8-2-4-16(5-3-8)12-7-10(14)9(13(17)18)6-11(12)15/h6-8H,2-5,15H2,1H3,(H,17,18). The summed E-state index contributed by atoms with van der Waals surface area (Å²) in [5.74, 6) is -1.35. The predicted molar refractivity (Wildman–Crippen MR) is 68.4 cm³/mol. The fourth-order valence-corrected chi connectivity index (χ4v) is 2.27. The molecule has 0 bridgehead atoms. The molecule has 4 nitrogen and oxygen atoms in total. The second kappa shape index (κ2) is 4.84. The second-order valence-corrected chi connectivity index (χ2v) is 4.87. The van der Waals surface area contributed by atoms with Gasteiger partial charge in [0.15, 0.2) is 0 Å². The van der Waals surface area contributed by atoms with Crippen molar-refractivity contribution in [3.63, 3.8) is 0 Å². The number of carboxylic acids is 1. The molecule has 1 aromatic carbocycles. The topological polar surface area (TPSA) is 66.6 Å². The summed E-state index contributed by atoms with van der Waals surface area (Å²) < 4.78 is 13.6. The van der Waals surface area contributed by atoms with Gasteiger partial charge in [0.05, 0.1) is 16.9 Å². The summed E-state index contributed by atoms with van der Waals surface area (Å²) in [5.41, 5.74) is 6.37. The number of piperidine rings is 1. The average molecular weight is 252 g/mol. The van der Waals surface area contributed by atoms with E-state index in [0.29, 0.717) is 17.3 Å². The summed E-state index contributed by atoms with van der Waals surface area (Å²) in [4.78, 5) is 12.8. The predicted octanol–water partition coefficient (Wildman–Crippen LogP) is 2.34. The number of nitrogen functional groups attached to an aromatic ring is 1. The van der Waals surface area contributed by atoms with E-state index in [0.717, 1.165) is 25.9 Å². The first-order valence-electron chi connectivity index (χ1n) is 6.06. The Hall–Kier alpha value is -1.78. The van der Waals surface area contributed by atoms with E-state index >= 15 is 0 Å². The first kappa shape index (κ1) is 12.7. The third-order valence-electron chi connectivity index (χ3n) is 3.47. The maximum Gasteiger partial charge on any atom is 0.338 e. The van der Waals surface area contributed by atoms with Gasteiger partial charge < -0.3 is 15.7 Å². The average Bonchev–Trinajstić information content (AvgIpc) is 2.32. The number of anilines is 2. The lowest BCUT2D eigenvalue weighted by atomic mass is 9.98. The van der Waals surface area contributed by atoms with Crippen LogP contribution in [0.2, 0.25) is 0 Å². The minimum atomic E-state index is -1.29. The Morgan fingerprint density at radius 2 is 2.06 bits per heavy atom. The van der Waals surface area contributed by atoms with Crippen LogP contribution >= 0.6 is 0 Å². The number of hydrogen-bond acceptors (Lipinski definition) is 3. The number of carboxylic acid groups (broad SMARTS) is 1. The number of halogens is 1. The molecule has 0 aromatic heterocycles. The number of benzene rings is 1. The van der Waals surface area contributed by atoms with E-state index in [-0.39, 0.29) is 5.56 Å². The van der Waals surface area contributed by atoms with Crippen molar-refractivity contribution >= 4 is 17.3 Å². The molecule has 1 saturated heterocycles. The van der Waals surface area contributed by atoms with Crippen LogP contribution < -0.4 is 10.6 Å². The molecule has 0 radical (unpaired) electrons. The minimum absolute atomic E-state index is 0.323. The van der Waals surface area contributed by atoms with Crippen molar-refractivity contribution in [2.24, 2.45) is 5.92 Å². The van der Waals surface area contributed by atoms with Gasteiger partial charge in [0.1, 0.15) is 5.82 Å². The van der Waals surface area contributed by atoms with Crippen molar-refractivity contribution < 1.29 is 14.3 Å². The van der Waals surface area contributed by atoms with Gasteiger partial charge in [-0.15, -0.1) is 0 Å². The van der Waals surface area contributed by atoms with Crippen LogP contribution in [0.4, 0.5) is 15.8 Å². The Morgan fingerprint density at radius 1 is 1.44 bits per heavy atom. The van der Waals surface area contributed by atoms with Crippen molar-refractivity contribution in [3.8, 4) is 0 Å². The molecule has 1 heterocycles. The summed E-state index contributed by atoms with van der Waals surface area (Å²) in [7, 11) is 0. The highest BCUT2D eigenvalue weighted by atomic mass is 19.1. The van der Waals surface area contributed by atoms with E-state index in [1.165, 1.54) is 12.1 Å². The highest BCUT2D eigenvalue weighted by molar-refractivity contribution is 5.91. The maximum absolute atomic E-state index is 13.6. The molecule has 1 aliphatic rings. The van der Waals surface area contributed by atoms with Gasteiger partial charge >= 0.3 is 5.97 Å². The zero-order chi connectivity index (χ0) is 13.3. The van der Waals surface area contributed by atoms with E-state index in [4.69, 9.17) is 10.8 Å². The maximum atomic E-state index is 13.6. The Morgan fingerprint density at radius 3 is 2.61 bits per heavy atom. The smallest absolute Gasteiger partial charge is 0.338 e. The van der Waals surface area contributed by atoms with Crippen LogP contribution in [0, 0.1) is 11.7 Å². The molecule has 18 heavy (non-hydrogen) atoms. The van der Waals surface area contributed by atoms with Crippen molar-refractivity contribution in [1.29, 1.82) is 0 Å². The molecule has 1 aliphatic heterocycles. The lowest BCUT2D eigenvalue weighted by Gasteiger charge is -2.33. The van der Waals surface area contributed by atoms with Gasteiger partial charge in [-0.05, 0) is 24.8 Å². The van der Waals surface area contributed by atoms with Crippen LogP contribution in [0.15, 0.2) is 12.1 Å². The van der Waals surface area contributed by atoms with Gasteiger partial charge in [-0.1, -0.05) is 6.92 Å². The number of hydrogen-bond donors (Lipinski definition) is 2. The van der Waals surface area contributed by atoms with E-state index in [1.54, 1.807) is 0 Å². The molecule has 0 spiro atoms. The zero-order valence-electron chi connectivity index (χ0n) is 10.3. The molecule has 98 valence electrons. The number of rotatable bonds is 2. The summed E-state index contributed by atoms with van der Waals surface area (Å²) in [6, 6.07) is 2.43. The molecule has 0 saturated carbocycles. The summed E-state index contributed by atoms with van der Waals surface area (Å²) in [6.07, 6.45) is 2.09. The molecule has 0 amide bonds. The molecular weight excluding hydrogens is 235 g/mol. The molecule has 0 aliphatic carbocycles. The Kier molecular flexibility index (Phi) is 3.41. The molecular formula is C13H17FN2O2. The molecule has 5 heteroatoms. The van der Waals surface area contributed by atoms with Crippen molar-refractivity contribution in [3.05, 3.63) is 23.5 Å². The number of carbonyl (C=O) groups is 1. The molecule has 0 atom stereocenters. The van der Waals surface area contributed by atoms with Gasteiger partial charge in [-0.3, -0.25) is 0 Å². The number of nitrogens with two attached hydrogens (primary N) is 1. The van der Waals surface area contributed by atoms with Crippen LogP contribution in [0.25, 0.3) is 0 Å². The quantitative estimate of drug-likeness (QED) is 0.793. The van der Waals surface area contributed by atoms with Crippen molar-refractivity contribution in [2.75, 3.05) is 23.7 Å². The second-order valence-electron chi connectivity index (χ2n) is 4.87. The summed E-state index contributed by atoms with van der Waals surface area (Å²) in [5, 5.41) is 8.82. The summed E-state index contributed by atoms with van der Waals surface area (Å²) in [6.45, 7) is 3.85. The monoisotopic (exact) mass is 252 g/mol. The summed E-state index contributed by atoms with van der Waals surface area (Å²) >= 11 is 0. The zero-order valence-corrected chi connectivity index (χ0v) is 10.3. The van der Waals surface area contributed by atoms with E-state index in [2.05, 4.69) is 6.92 Å². The van der Waals surface area contributed by atoms with Gasteiger partial charge in [0, 0.05) is 19.2 Å². The van der Waals surface area contributed by atoms with Crippen molar-refractivity contribution in [2.45, 2.75) is 19.8 Å². The normalized spacial score (nSPS) is 16.9. The molecule has 1 aromatic rings. The SMILES string of the molecule is CC1CCN(c2cc(F)c(C(=O)O)cc2N)CC1. The fraction of sp³-hybridized carbons (Fsp3) is 0.462. The van der Waals surface area contributed by atoms with Gasteiger partial charge in [0.2, 0.25) is 0 Å². The molecule has 0 unspecified atom stereocenters. The molecule has 2 rings (SSSR count). The van der Waals surface area contributed by atoms with E-state index < -0.39 is 11.8 Å². The van der Waals surface area contributed by atoms with Crippen molar-refractivity contribution in [1.82, 2.24) is 0 Å². The van der Waals surface area contributed by atoms with Gasteiger partial charge in [0.25, 0.3) is 0 Å². The first-order valence-corrected chi connectivity index (χ1v) is 6.06. The molecule has 3 N–H and O–H groups in total. The fourth-order valence-electron chi connectivity index (χ4n) is 2.27. The lowest BCUT2D eigenvalue weighted by Crippen LogP contribution is -2.33. The first-order chi connectivity index (χ1) is 8.49. The number of nitrogens with zero attached hydrogens (tertiary/aromatic N) is 1. The van der Waals surface area contributed by atoms with Gasteiger partial charge in [-0.25, -0.2) is 9.18 Å². The van der Waals surface area contributed by atoms with Crippen LogP contribution in [0.1, 0.15) is 30.1 Å². The van der Waals surface area contributed by atoms with Crippen LogP contribution in [-0.2, 0) is 0 Å². The highest BCUT2D eigenvalue weighted by Gasteiger charge is 2.20. The minimum Gasteiger partial charge on any atom is -0.478 e. The Balaban J connectivity index is 2.29. The lowest BCUT2D eigenvalue weighted by molar-refractivity contribution is 0.0692. The van der Waals surface area contributed by atoms with Crippen LogP contribution in [0.3, 0.4) is 0 Å². The third-order valence-corrected chi connectivity index (χ3v) is 3.47. The number of aromatic carboxylic acids is 1. The Bertz CT molecular complexity index is 468. The van der Waals surface area contributed by atoms with E-state index in [9.17, 15) is 9.18 Å². The largest absolute Gasteiger partial charge is 0.478 e. The van der Waals surface area contributed by atoms with Gasteiger partial charge in [-0.2, -0.15) is 0 Å². The van der Waals surface area contributed by atoms with E-state index in [1.807, 2.05) is 4.90 Å². The highest BCUT2D eigenvalue weighted by Crippen LogP contribution is 2.30. The Labute approximate surface area is 105 Å². The van der Waals surface area contributed by atoms with Crippen LogP contribution in [-0.4, -0.2) is 24.2 Å². The third kappa shape index (κ3) is 2.39. The van der Waals surface area contributed by atoms with Crippen LogP contribution in [0.5, 0.6) is 0 Å². The molecule has 1 fully saturated rings.